The van der Waals surface area contributed by atoms with Crippen molar-refractivity contribution < 1.29 is 9.53 Å². The van der Waals surface area contributed by atoms with Crippen LogP contribution in [-0.2, 0) is 4.74 Å². The van der Waals surface area contributed by atoms with E-state index < -0.39 is 5.60 Å². The molecule has 0 unspecified atom stereocenters. The van der Waals surface area contributed by atoms with Crippen LogP contribution in [0.4, 0.5) is 4.79 Å². The van der Waals surface area contributed by atoms with E-state index in [2.05, 4.69) is 17.1 Å². The third-order valence-corrected chi connectivity index (χ3v) is 5.03. The Kier molecular flexibility index (Phi) is 4.11. The molecule has 18 heavy (non-hydrogen) atoms. The van der Waals surface area contributed by atoms with Gasteiger partial charge in [0, 0.05) is 36.7 Å². The van der Waals surface area contributed by atoms with Crippen LogP contribution in [0.5, 0.6) is 0 Å². The number of hydrogen-bond acceptors (Lipinski definition) is 4. The topological polar surface area (TPSA) is 41.6 Å². The summed E-state index contributed by atoms with van der Waals surface area (Å²) in [5, 5.41) is 3.47. The first kappa shape index (κ1) is 14.0. The van der Waals surface area contributed by atoms with Crippen LogP contribution in [0.3, 0.4) is 0 Å². The van der Waals surface area contributed by atoms with E-state index in [1.54, 1.807) is 0 Å². The lowest BCUT2D eigenvalue weighted by molar-refractivity contribution is 0.0196. The number of carbonyl (C=O) groups excluding carboxylic acids is 1. The van der Waals surface area contributed by atoms with Crippen molar-refractivity contribution in [3.05, 3.63) is 0 Å². The molecule has 2 saturated heterocycles. The highest BCUT2D eigenvalue weighted by Gasteiger charge is 2.38. The molecule has 0 aliphatic carbocycles. The van der Waals surface area contributed by atoms with E-state index in [0.717, 1.165) is 39.0 Å². The summed E-state index contributed by atoms with van der Waals surface area (Å²) < 4.78 is 5.78. The van der Waals surface area contributed by atoms with Crippen LogP contribution in [0.2, 0.25) is 0 Å². The molecule has 4 nitrogen and oxygen atoms in total. The van der Waals surface area contributed by atoms with Gasteiger partial charge in [-0.3, -0.25) is 0 Å². The minimum absolute atomic E-state index is 0.161. The SMILES string of the molecule is CC(C)(C)OC(=O)N1CCC2(CC1)CNCCS2. The zero-order valence-corrected chi connectivity index (χ0v) is 12.4. The second kappa shape index (κ2) is 5.29. The van der Waals surface area contributed by atoms with Crippen LogP contribution in [0, 0.1) is 0 Å². The number of hydrogen-bond donors (Lipinski definition) is 1. The lowest BCUT2D eigenvalue weighted by atomic mass is 9.95. The molecule has 0 atom stereocenters. The summed E-state index contributed by atoms with van der Waals surface area (Å²) in [6, 6.07) is 0. The largest absolute Gasteiger partial charge is 0.444 e. The van der Waals surface area contributed by atoms with Gasteiger partial charge < -0.3 is 15.0 Å². The minimum Gasteiger partial charge on any atom is -0.444 e. The molecule has 0 aromatic heterocycles. The van der Waals surface area contributed by atoms with Crippen molar-refractivity contribution in [2.24, 2.45) is 0 Å². The quantitative estimate of drug-likeness (QED) is 0.733. The molecule has 0 radical (unpaired) electrons. The highest BCUT2D eigenvalue weighted by atomic mass is 32.2. The predicted octanol–water partition coefficient (Wildman–Crippen LogP) is 2.09. The van der Waals surface area contributed by atoms with E-state index in [0.29, 0.717) is 4.75 Å². The Morgan fingerprint density at radius 2 is 2.00 bits per heavy atom. The summed E-state index contributed by atoms with van der Waals surface area (Å²) in [6.07, 6.45) is 1.99. The number of ether oxygens (including phenoxy) is 1. The standard InChI is InChI=1S/C13H24N2O2S/c1-12(2,3)17-11(16)15-7-4-13(5-8-15)10-14-6-9-18-13/h14H,4-10H2,1-3H3. The maximum atomic E-state index is 12.0. The molecule has 1 N–H and O–H groups in total. The monoisotopic (exact) mass is 272 g/mol. The van der Waals surface area contributed by atoms with Crippen LogP contribution in [-0.4, -0.2) is 53.3 Å². The summed E-state index contributed by atoms with van der Waals surface area (Å²) in [7, 11) is 0. The fourth-order valence-electron chi connectivity index (χ4n) is 2.45. The molecule has 0 saturated carbocycles. The second-order valence-electron chi connectivity index (χ2n) is 6.18. The molecular weight excluding hydrogens is 248 g/mol. The number of rotatable bonds is 0. The molecule has 1 amide bonds. The number of piperidine rings is 1. The Balaban J connectivity index is 1.84. The minimum atomic E-state index is -0.395. The molecule has 2 aliphatic rings. The average molecular weight is 272 g/mol. The normalized spacial score (nSPS) is 24.1. The summed E-state index contributed by atoms with van der Waals surface area (Å²) in [4.78, 5) is 13.8. The molecule has 5 heteroatoms. The van der Waals surface area contributed by atoms with Gasteiger partial charge in [0.15, 0.2) is 0 Å². The van der Waals surface area contributed by atoms with E-state index in [-0.39, 0.29) is 6.09 Å². The van der Waals surface area contributed by atoms with Crippen molar-refractivity contribution in [2.75, 3.05) is 31.9 Å². The van der Waals surface area contributed by atoms with Crippen LogP contribution < -0.4 is 5.32 Å². The first-order chi connectivity index (χ1) is 8.40. The molecule has 2 fully saturated rings. The smallest absolute Gasteiger partial charge is 0.410 e. The maximum absolute atomic E-state index is 12.0. The number of nitrogens with zero attached hydrogens (tertiary/aromatic N) is 1. The van der Waals surface area contributed by atoms with Crippen LogP contribution in [0.1, 0.15) is 33.6 Å². The zero-order valence-electron chi connectivity index (χ0n) is 11.6. The van der Waals surface area contributed by atoms with Gasteiger partial charge in [-0.05, 0) is 33.6 Å². The first-order valence-electron chi connectivity index (χ1n) is 6.73. The van der Waals surface area contributed by atoms with Crippen molar-refractivity contribution in [1.82, 2.24) is 10.2 Å². The Bertz CT molecular complexity index is 299. The van der Waals surface area contributed by atoms with E-state index in [4.69, 9.17) is 4.74 Å². The molecule has 104 valence electrons. The summed E-state index contributed by atoms with van der Waals surface area (Å²) in [5.41, 5.74) is -0.395. The second-order valence-corrected chi connectivity index (χ2v) is 7.74. The number of amides is 1. The zero-order chi connectivity index (χ0) is 13.2. The van der Waals surface area contributed by atoms with Gasteiger partial charge in [-0.1, -0.05) is 0 Å². The van der Waals surface area contributed by atoms with Crippen LogP contribution in [0.25, 0.3) is 0 Å². The summed E-state index contributed by atoms with van der Waals surface area (Å²) >= 11 is 2.07. The number of carbonyl (C=O) groups is 1. The van der Waals surface area contributed by atoms with E-state index in [1.807, 2.05) is 25.7 Å². The molecule has 0 aromatic carbocycles. The first-order valence-corrected chi connectivity index (χ1v) is 7.71. The van der Waals surface area contributed by atoms with Crippen LogP contribution >= 0.6 is 11.8 Å². The van der Waals surface area contributed by atoms with Gasteiger partial charge in [0.05, 0.1) is 0 Å². The molecule has 0 bridgehead atoms. The number of nitrogens with one attached hydrogen (secondary N) is 1. The Hall–Kier alpha value is -0.420. The lowest BCUT2D eigenvalue weighted by Gasteiger charge is -2.43. The van der Waals surface area contributed by atoms with Gasteiger partial charge in [-0.25, -0.2) is 4.79 Å². The van der Waals surface area contributed by atoms with Crippen molar-refractivity contribution >= 4 is 17.9 Å². The highest BCUT2D eigenvalue weighted by molar-refractivity contribution is 8.00. The van der Waals surface area contributed by atoms with Gasteiger partial charge in [-0.15, -0.1) is 0 Å². The molecule has 2 rings (SSSR count). The molecule has 2 aliphatic heterocycles. The van der Waals surface area contributed by atoms with Crippen molar-refractivity contribution in [3.63, 3.8) is 0 Å². The summed E-state index contributed by atoms with van der Waals surface area (Å²) in [6.45, 7) is 9.58. The highest BCUT2D eigenvalue weighted by Crippen LogP contribution is 2.37. The molecular formula is C13H24N2O2S. The third-order valence-electron chi connectivity index (χ3n) is 3.46. The fourth-order valence-corrected chi connectivity index (χ4v) is 3.81. The number of likely N-dealkylation sites (tertiary alicyclic amines) is 1. The molecule has 2 heterocycles. The summed E-state index contributed by atoms with van der Waals surface area (Å²) in [5.74, 6) is 1.19. The fraction of sp³-hybridized carbons (Fsp3) is 0.923. The lowest BCUT2D eigenvalue weighted by Crippen LogP contribution is -2.52. The average Bonchev–Trinajstić information content (AvgIpc) is 2.28. The predicted molar refractivity (Wildman–Crippen MR) is 75.1 cm³/mol. The van der Waals surface area contributed by atoms with Gasteiger partial charge in [0.1, 0.15) is 5.60 Å². The van der Waals surface area contributed by atoms with Gasteiger partial charge >= 0.3 is 6.09 Å². The van der Waals surface area contributed by atoms with Crippen LogP contribution in [0.15, 0.2) is 0 Å². The Labute approximate surface area is 114 Å². The molecule has 1 spiro atoms. The van der Waals surface area contributed by atoms with Gasteiger partial charge in [0.25, 0.3) is 0 Å². The Morgan fingerprint density at radius 3 is 2.50 bits per heavy atom. The maximum Gasteiger partial charge on any atom is 0.410 e. The van der Waals surface area contributed by atoms with E-state index in [1.165, 1.54) is 5.75 Å². The van der Waals surface area contributed by atoms with Gasteiger partial charge in [-0.2, -0.15) is 11.8 Å². The van der Waals surface area contributed by atoms with Crippen molar-refractivity contribution in [1.29, 1.82) is 0 Å². The molecule has 0 aromatic rings. The Morgan fingerprint density at radius 1 is 1.33 bits per heavy atom. The van der Waals surface area contributed by atoms with E-state index >= 15 is 0 Å². The van der Waals surface area contributed by atoms with Gasteiger partial charge in [0.2, 0.25) is 0 Å². The van der Waals surface area contributed by atoms with Crippen molar-refractivity contribution in [2.45, 2.75) is 44.0 Å². The third kappa shape index (κ3) is 3.54. The van der Waals surface area contributed by atoms with Crippen molar-refractivity contribution in [3.8, 4) is 0 Å². The number of thioether (sulfide) groups is 1. The van der Waals surface area contributed by atoms with E-state index in [9.17, 15) is 4.79 Å².